The molecule has 0 aliphatic carbocycles. The van der Waals surface area contributed by atoms with Crippen molar-refractivity contribution in [3.8, 4) is 11.6 Å². The van der Waals surface area contributed by atoms with E-state index in [-0.39, 0.29) is 0 Å². The second kappa shape index (κ2) is 4.61. The minimum absolute atomic E-state index is 0.378. The summed E-state index contributed by atoms with van der Waals surface area (Å²) in [5.41, 5.74) is 0.661. The number of hydrogen-bond donors (Lipinski definition) is 1. The normalized spacial score (nSPS) is 23.7. The van der Waals surface area contributed by atoms with Crippen LogP contribution in [0.3, 0.4) is 0 Å². The van der Waals surface area contributed by atoms with E-state index in [0.29, 0.717) is 22.9 Å². The second-order valence-electron chi connectivity index (χ2n) is 4.86. The van der Waals surface area contributed by atoms with Crippen LogP contribution in [0.5, 0.6) is 0 Å². The van der Waals surface area contributed by atoms with Gasteiger partial charge in [0.1, 0.15) is 0 Å². The number of rotatable bonds is 3. The zero-order valence-corrected chi connectivity index (χ0v) is 11.1. The molecule has 2 fully saturated rings. The summed E-state index contributed by atoms with van der Waals surface area (Å²) in [6.45, 7) is 1.88. The summed E-state index contributed by atoms with van der Waals surface area (Å²) < 4.78 is 7.16. The van der Waals surface area contributed by atoms with Gasteiger partial charge in [0.2, 0.25) is 0 Å². The maximum absolute atomic E-state index is 5.30. The summed E-state index contributed by atoms with van der Waals surface area (Å²) in [6.07, 6.45) is 4.23. The average Bonchev–Trinajstić information content (AvgIpc) is 3.08. The molecule has 0 bridgehead atoms. The number of hydrogen-bond acceptors (Lipinski definition) is 7. The third kappa shape index (κ3) is 2.04. The molecule has 2 aliphatic rings. The molecule has 7 nitrogen and oxygen atoms in total. The summed E-state index contributed by atoms with van der Waals surface area (Å²) in [7, 11) is 0. The lowest BCUT2D eigenvalue weighted by atomic mass is 10.2. The van der Waals surface area contributed by atoms with Crippen LogP contribution in [0.4, 0.5) is 0 Å². The Kier molecular flexibility index (Phi) is 2.77. The van der Waals surface area contributed by atoms with Gasteiger partial charge in [-0.1, -0.05) is 10.4 Å². The van der Waals surface area contributed by atoms with Crippen LogP contribution in [-0.2, 0) is 0 Å². The first kappa shape index (κ1) is 11.4. The zero-order chi connectivity index (χ0) is 12.7. The molecule has 2 aromatic heterocycles. The van der Waals surface area contributed by atoms with Crippen LogP contribution in [0.1, 0.15) is 30.0 Å². The Hall–Kier alpha value is -1.41. The van der Waals surface area contributed by atoms with Gasteiger partial charge in [0.25, 0.3) is 5.89 Å². The predicted molar refractivity (Wildman–Crippen MR) is 69.7 cm³/mol. The molecule has 2 aromatic rings. The van der Waals surface area contributed by atoms with Crippen LogP contribution >= 0.6 is 11.8 Å². The summed E-state index contributed by atoms with van der Waals surface area (Å²) in [5.74, 6) is 2.44. The highest BCUT2D eigenvalue weighted by atomic mass is 32.2. The van der Waals surface area contributed by atoms with E-state index in [0.717, 1.165) is 25.3 Å². The second-order valence-corrected chi connectivity index (χ2v) is 6.17. The molecule has 0 amide bonds. The fourth-order valence-corrected chi connectivity index (χ4v) is 3.46. The SMILES string of the molecule is c1c(-c2nc(C3CCCS3)no2)nnn1C1CNC1. The summed E-state index contributed by atoms with van der Waals surface area (Å²) in [4.78, 5) is 4.45. The maximum atomic E-state index is 5.30. The average molecular weight is 278 g/mol. The van der Waals surface area contributed by atoms with E-state index in [1.807, 2.05) is 22.6 Å². The minimum atomic E-state index is 0.378. The zero-order valence-electron chi connectivity index (χ0n) is 10.3. The number of nitrogens with zero attached hydrogens (tertiary/aromatic N) is 5. The molecule has 0 aromatic carbocycles. The number of aromatic nitrogens is 5. The Bertz CT molecular complexity index is 571. The van der Waals surface area contributed by atoms with Gasteiger partial charge in [-0.05, 0) is 18.6 Å². The van der Waals surface area contributed by atoms with Gasteiger partial charge >= 0.3 is 0 Å². The van der Waals surface area contributed by atoms with E-state index in [1.54, 1.807) is 0 Å². The predicted octanol–water partition coefficient (Wildman–Crippen LogP) is 1.04. The van der Waals surface area contributed by atoms with Gasteiger partial charge in [-0.25, -0.2) is 4.68 Å². The molecular weight excluding hydrogens is 264 g/mol. The lowest BCUT2D eigenvalue weighted by molar-refractivity contribution is 0.313. The van der Waals surface area contributed by atoms with Crippen LogP contribution in [-0.4, -0.2) is 44.0 Å². The minimum Gasteiger partial charge on any atom is -0.332 e. The van der Waals surface area contributed by atoms with Crippen molar-refractivity contribution in [2.45, 2.75) is 24.1 Å². The highest BCUT2D eigenvalue weighted by Gasteiger charge is 2.25. The van der Waals surface area contributed by atoms with E-state index in [9.17, 15) is 0 Å². The molecule has 1 N–H and O–H groups in total. The molecule has 1 unspecified atom stereocenters. The maximum Gasteiger partial charge on any atom is 0.280 e. The van der Waals surface area contributed by atoms with Crippen molar-refractivity contribution in [1.82, 2.24) is 30.5 Å². The van der Waals surface area contributed by atoms with Crippen molar-refractivity contribution < 1.29 is 4.52 Å². The Morgan fingerprint density at radius 3 is 3.11 bits per heavy atom. The van der Waals surface area contributed by atoms with Gasteiger partial charge in [-0.3, -0.25) is 0 Å². The van der Waals surface area contributed by atoms with Gasteiger partial charge in [-0.2, -0.15) is 16.7 Å². The van der Waals surface area contributed by atoms with Gasteiger partial charge < -0.3 is 9.84 Å². The van der Waals surface area contributed by atoms with Gasteiger partial charge in [0, 0.05) is 13.1 Å². The smallest absolute Gasteiger partial charge is 0.280 e. The molecule has 2 aliphatic heterocycles. The summed E-state index contributed by atoms with van der Waals surface area (Å²) in [5, 5.41) is 15.9. The molecule has 4 rings (SSSR count). The monoisotopic (exact) mass is 278 g/mol. The van der Waals surface area contributed by atoms with E-state index >= 15 is 0 Å². The van der Waals surface area contributed by atoms with Crippen molar-refractivity contribution in [1.29, 1.82) is 0 Å². The standard InChI is InChI=1S/C11H14N6OS/c1-2-9(19-3-1)10-13-11(18-15-10)8-6-17(16-14-8)7-4-12-5-7/h6-7,9,12H,1-5H2. The van der Waals surface area contributed by atoms with Crippen molar-refractivity contribution >= 4 is 11.8 Å². The lowest BCUT2D eigenvalue weighted by Crippen LogP contribution is -2.43. The van der Waals surface area contributed by atoms with Gasteiger partial charge in [0.05, 0.1) is 17.5 Å². The van der Waals surface area contributed by atoms with Crippen molar-refractivity contribution in [3.05, 3.63) is 12.0 Å². The van der Waals surface area contributed by atoms with Crippen molar-refractivity contribution in [2.75, 3.05) is 18.8 Å². The molecule has 4 heterocycles. The lowest BCUT2D eigenvalue weighted by Gasteiger charge is -2.26. The van der Waals surface area contributed by atoms with E-state index in [1.165, 1.54) is 12.2 Å². The summed E-state index contributed by atoms with van der Waals surface area (Å²) in [6, 6.07) is 0.397. The number of thioether (sulfide) groups is 1. The third-order valence-corrected chi connectivity index (χ3v) is 4.90. The first-order valence-electron chi connectivity index (χ1n) is 6.48. The molecule has 1 atom stereocenters. The Morgan fingerprint density at radius 1 is 1.42 bits per heavy atom. The van der Waals surface area contributed by atoms with E-state index in [2.05, 4.69) is 25.8 Å². The highest BCUT2D eigenvalue weighted by Crippen LogP contribution is 2.38. The van der Waals surface area contributed by atoms with Crippen LogP contribution < -0.4 is 5.32 Å². The Labute approximate surface area is 114 Å². The Balaban J connectivity index is 1.56. The molecule has 100 valence electrons. The Morgan fingerprint density at radius 2 is 2.37 bits per heavy atom. The van der Waals surface area contributed by atoms with Crippen LogP contribution in [0.25, 0.3) is 11.6 Å². The van der Waals surface area contributed by atoms with Crippen LogP contribution in [0.2, 0.25) is 0 Å². The third-order valence-electron chi connectivity index (χ3n) is 3.52. The first-order valence-corrected chi connectivity index (χ1v) is 7.53. The summed E-state index contributed by atoms with van der Waals surface area (Å²) >= 11 is 1.89. The molecular formula is C11H14N6OS. The van der Waals surface area contributed by atoms with Gasteiger partial charge in [-0.15, -0.1) is 5.10 Å². The molecule has 8 heteroatoms. The van der Waals surface area contributed by atoms with Crippen LogP contribution in [0.15, 0.2) is 10.7 Å². The highest BCUT2D eigenvalue weighted by molar-refractivity contribution is 7.99. The molecule has 0 spiro atoms. The molecule has 0 radical (unpaired) electrons. The molecule has 2 saturated heterocycles. The fraction of sp³-hybridized carbons (Fsp3) is 0.636. The fourth-order valence-electron chi connectivity index (χ4n) is 2.26. The molecule has 0 saturated carbocycles. The topological polar surface area (TPSA) is 81.7 Å². The molecule has 19 heavy (non-hydrogen) atoms. The van der Waals surface area contributed by atoms with Crippen molar-refractivity contribution in [2.24, 2.45) is 0 Å². The van der Waals surface area contributed by atoms with E-state index in [4.69, 9.17) is 4.52 Å². The number of nitrogens with one attached hydrogen (secondary N) is 1. The first-order chi connectivity index (χ1) is 9.40. The van der Waals surface area contributed by atoms with E-state index < -0.39 is 0 Å². The van der Waals surface area contributed by atoms with Crippen LogP contribution in [0, 0.1) is 0 Å². The quantitative estimate of drug-likeness (QED) is 0.898. The van der Waals surface area contributed by atoms with Gasteiger partial charge in [0.15, 0.2) is 11.5 Å². The largest absolute Gasteiger partial charge is 0.332 e. The van der Waals surface area contributed by atoms with Crippen molar-refractivity contribution in [3.63, 3.8) is 0 Å².